The third-order valence-electron chi connectivity index (χ3n) is 2.81. The summed E-state index contributed by atoms with van der Waals surface area (Å²) in [7, 11) is 1.41. The summed E-state index contributed by atoms with van der Waals surface area (Å²) in [4.78, 5) is 11.5. The zero-order valence-electron chi connectivity index (χ0n) is 11.9. The average molecular weight is 265 g/mol. The Labute approximate surface area is 115 Å². The molecule has 0 fully saturated rings. The Morgan fingerprint density at radius 3 is 2.58 bits per heavy atom. The van der Waals surface area contributed by atoms with Gasteiger partial charge in [0.05, 0.1) is 19.1 Å². The van der Waals surface area contributed by atoms with Crippen LogP contribution in [0, 0.1) is 5.41 Å². The van der Waals surface area contributed by atoms with Crippen LogP contribution in [0.5, 0.6) is 5.75 Å². The van der Waals surface area contributed by atoms with Crippen molar-refractivity contribution < 1.29 is 14.3 Å². The Morgan fingerprint density at radius 2 is 1.95 bits per heavy atom. The predicted octanol–water partition coefficient (Wildman–Crippen LogP) is 2.24. The zero-order valence-corrected chi connectivity index (χ0v) is 11.9. The van der Waals surface area contributed by atoms with Crippen molar-refractivity contribution >= 4 is 5.97 Å². The first kappa shape index (κ1) is 15.5. The van der Waals surface area contributed by atoms with Gasteiger partial charge in [-0.15, -0.1) is 0 Å². The zero-order chi connectivity index (χ0) is 14.1. The van der Waals surface area contributed by atoms with Crippen LogP contribution in [0.2, 0.25) is 0 Å². The van der Waals surface area contributed by atoms with E-state index in [4.69, 9.17) is 9.47 Å². The van der Waals surface area contributed by atoms with Crippen LogP contribution in [0.3, 0.4) is 0 Å². The molecule has 1 aromatic rings. The van der Waals surface area contributed by atoms with Crippen molar-refractivity contribution in [2.24, 2.45) is 5.41 Å². The molecule has 0 saturated carbocycles. The lowest BCUT2D eigenvalue weighted by molar-refractivity contribution is -0.150. The molecule has 0 aliphatic carbocycles. The first-order valence-electron chi connectivity index (χ1n) is 6.53. The van der Waals surface area contributed by atoms with Gasteiger partial charge in [0.25, 0.3) is 0 Å². The van der Waals surface area contributed by atoms with Gasteiger partial charge in [0, 0.05) is 6.54 Å². The lowest BCUT2D eigenvalue weighted by Crippen LogP contribution is -2.37. The Kier molecular flexibility index (Phi) is 6.36. The number of rotatable bonds is 8. The van der Waals surface area contributed by atoms with Gasteiger partial charge in [0.2, 0.25) is 0 Å². The molecule has 1 N–H and O–H groups in total. The van der Waals surface area contributed by atoms with E-state index in [0.717, 1.165) is 18.7 Å². The van der Waals surface area contributed by atoms with Crippen molar-refractivity contribution in [2.45, 2.75) is 20.3 Å². The summed E-state index contributed by atoms with van der Waals surface area (Å²) in [6.45, 7) is 5.81. The van der Waals surface area contributed by atoms with E-state index in [1.807, 2.05) is 44.2 Å². The van der Waals surface area contributed by atoms with Crippen molar-refractivity contribution in [2.75, 3.05) is 26.8 Å². The topological polar surface area (TPSA) is 47.6 Å². The van der Waals surface area contributed by atoms with Crippen LogP contribution in [0.15, 0.2) is 30.3 Å². The number of esters is 1. The van der Waals surface area contributed by atoms with Crippen LogP contribution in [0.4, 0.5) is 0 Å². The number of hydrogen-bond donors (Lipinski definition) is 1. The first-order chi connectivity index (χ1) is 9.06. The fourth-order valence-electron chi connectivity index (χ4n) is 1.65. The third kappa shape index (κ3) is 5.75. The van der Waals surface area contributed by atoms with Crippen LogP contribution in [0.1, 0.15) is 20.3 Å². The fraction of sp³-hybridized carbons (Fsp3) is 0.533. The first-order valence-corrected chi connectivity index (χ1v) is 6.53. The molecule has 0 unspecified atom stereocenters. The molecule has 19 heavy (non-hydrogen) atoms. The van der Waals surface area contributed by atoms with E-state index >= 15 is 0 Å². The number of carbonyl (C=O) groups excluding carboxylic acids is 1. The molecular weight excluding hydrogens is 242 g/mol. The molecule has 1 rings (SSSR count). The maximum absolute atomic E-state index is 11.5. The minimum atomic E-state index is -0.491. The van der Waals surface area contributed by atoms with Gasteiger partial charge in [-0.05, 0) is 38.9 Å². The van der Waals surface area contributed by atoms with Crippen molar-refractivity contribution in [3.05, 3.63) is 30.3 Å². The Morgan fingerprint density at radius 1 is 1.26 bits per heavy atom. The van der Waals surface area contributed by atoms with E-state index in [9.17, 15) is 4.79 Å². The highest BCUT2D eigenvalue weighted by Gasteiger charge is 2.27. The standard InChI is InChI=1S/C15H23NO3/c1-15(2,14(17)18-3)12-16-10-7-11-19-13-8-5-4-6-9-13/h4-6,8-9,16H,7,10-12H2,1-3H3. The van der Waals surface area contributed by atoms with E-state index < -0.39 is 5.41 Å². The van der Waals surface area contributed by atoms with Crippen molar-refractivity contribution in [3.8, 4) is 5.75 Å². The second-order valence-electron chi connectivity index (χ2n) is 5.07. The molecule has 0 aliphatic heterocycles. The van der Waals surface area contributed by atoms with Crippen molar-refractivity contribution in [3.63, 3.8) is 0 Å². The van der Waals surface area contributed by atoms with E-state index in [1.165, 1.54) is 7.11 Å². The number of ether oxygens (including phenoxy) is 2. The summed E-state index contributed by atoms with van der Waals surface area (Å²) in [6, 6.07) is 9.74. The summed E-state index contributed by atoms with van der Waals surface area (Å²) in [5.41, 5.74) is -0.491. The van der Waals surface area contributed by atoms with Crippen molar-refractivity contribution in [1.82, 2.24) is 5.32 Å². The summed E-state index contributed by atoms with van der Waals surface area (Å²) in [6.07, 6.45) is 0.895. The summed E-state index contributed by atoms with van der Waals surface area (Å²) >= 11 is 0. The minimum absolute atomic E-state index is 0.194. The van der Waals surface area contributed by atoms with Crippen LogP contribution < -0.4 is 10.1 Å². The average Bonchev–Trinajstić information content (AvgIpc) is 2.42. The molecule has 0 spiro atoms. The second kappa shape index (κ2) is 7.79. The number of nitrogens with one attached hydrogen (secondary N) is 1. The second-order valence-corrected chi connectivity index (χ2v) is 5.07. The number of methoxy groups -OCH3 is 1. The Bertz CT molecular complexity index is 376. The van der Waals surface area contributed by atoms with Gasteiger partial charge in [0.15, 0.2) is 0 Å². The highest BCUT2D eigenvalue weighted by Crippen LogP contribution is 2.15. The van der Waals surface area contributed by atoms with Gasteiger partial charge >= 0.3 is 5.97 Å². The van der Waals surface area contributed by atoms with Crippen LogP contribution >= 0.6 is 0 Å². The smallest absolute Gasteiger partial charge is 0.312 e. The molecule has 0 saturated heterocycles. The van der Waals surface area contributed by atoms with Crippen LogP contribution in [-0.2, 0) is 9.53 Å². The molecule has 0 radical (unpaired) electrons. The van der Waals surface area contributed by atoms with E-state index in [1.54, 1.807) is 0 Å². The molecule has 0 aliphatic rings. The van der Waals surface area contributed by atoms with Gasteiger partial charge in [-0.3, -0.25) is 4.79 Å². The lowest BCUT2D eigenvalue weighted by atomic mass is 9.94. The molecular formula is C15H23NO3. The van der Waals surface area contributed by atoms with Crippen LogP contribution in [0.25, 0.3) is 0 Å². The molecule has 106 valence electrons. The molecule has 1 aromatic carbocycles. The highest BCUT2D eigenvalue weighted by atomic mass is 16.5. The van der Waals surface area contributed by atoms with Crippen molar-refractivity contribution in [1.29, 1.82) is 0 Å². The third-order valence-corrected chi connectivity index (χ3v) is 2.81. The molecule has 0 aromatic heterocycles. The Hall–Kier alpha value is -1.55. The predicted molar refractivity (Wildman–Crippen MR) is 75.2 cm³/mol. The number of hydrogen-bond acceptors (Lipinski definition) is 4. The van der Waals surface area contributed by atoms with E-state index in [-0.39, 0.29) is 5.97 Å². The van der Waals surface area contributed by atoms with E-state index in [2.05, 4.69) is 5.32 Å². The molecule has 4 heteroatoms. The monoisotopic (exact) mass is 265 g/mol. The lowest BCUT2D eigenvalue weighted by Gasteiger charge is -2.21. The number of benzene rings is 1. The molecule has 4 nitrogen and oxygen atoms in total. The number of para-hydroxylation sites is 1. The van der Waals surface area contributed by atoms with Gasteiger partial charge in [0.1, 0.15) is 5.75 Å². The summed E-state index contributed by atoms with van der Waals surface area (Å²) in [5, 5.41) is 3.25. The maximum Gasteiger partial charge on any atom is 0.312 e. The highest BCUT2D eigenvalue weighted by molar-refractivity contribution is 5.76. The van der Waals surface area contributed by atoms with Gasteiger partial charge in [-0.25, -0.2) is 0 Å². The van der Waals surface area contributed by atoms with E-state index in [0.29, 0.717) is 13.2 Å². The molecule has 0 atom stereocenters. The molecule has 0 heterocycles. The molecule has 0 bridgehead atoms. The largest absolute Gasteiger partial charge is 0.494 e. The van der Waals surface area contributed by atoms with Gasteiger partial charge in [-0.1, -0.05) is 18.2 Å². The quantitative estimate of drug-likeness (QED) is 0.578. The SMILES string of the molecule is COC(=O)C(C)(C)CNCCCOc1ccccc1. The maximum atomic E-state index is 11.5. The van der Waals surface area contributed by atoms with Crippen LogP contribution in [-0.4, -0.2) is 32.8 Å². The normalized spacial score (nSPS) is 11.1. The van der Waals surface area contributed by atoms with Gasteiger partial charge < -0.3 is 14.8 Å². The molecule has 0 amide bonds. The minimum Gasteiger partial charge on any atom is -0.494 e. The number of carbonyl (C=O) groups is 1. The summed E-state index contributed by atoms with van der Waals surface area (Å²) < 4.78 is 10.3. The van der Waals surface area contributed by atoms with Gasteiger partial charge in [-0.2, -0.15) is 0 Å². The fourth-order valence-corrected chi connectivity index (χ4v) is 1.65. The summed E-state index contributed by atoms with van der Waals surface area (Å²) in [5.74, 6) is 0.693. The Balaban J connectivity index is 2.10.